The molecule has 0 bridgehead atoms. The number of ether oxygens (including phenoxy) is 1. The molecule has 8 nitrogen and oxygen atoms in total. The number of rotatable bonds is 7. The number of anilines is 3. The van der Waals surface area contributed by atoms with Crippen molar-refractivity contribution in [2.45, 2.75) is 26.4 Å². The van der Waals surface area contributed by atoms with E-state index in [2.05, 4.69) is 20.0 Å². The van der Waals surface area contributed by atoms with E-state index in [1.165, 1.54) is 12.1 Å². The molecule has 0 spiro atoms. The maximum absolute atomic E-state index is 14.8. The molecule has 0 saturated heterocycles. The summed E-state index contributed by atoms with van der Waals surface area (Å²) < 4.78 is 74.1. The van der Waals surface area contributed by atoms with E-state index in [1.807, 2.05) is 18.7 Å². The minimum atomic E-state index is -3.48. The Balaban J connectivity index is 1.62. The summed E-state index contributed by atoms with van der Waals surface area (Å²) in [7, 11) is -3.48. The van der Waals surface area contributed by atoms with Crippen LogP contribution in [0.5, 0.6) is 5.75 Å². The van der Waals surface area contributed by atoms with Crippen molar-refractivity contribution in [3.8, 4) is 17.0 Å². The van der Waals surface area contributed by atoms with Crippen LogP contribution in [0.2, 0.25) is 0 Å². The number of halogens is 3. The average molecular weight is 508 g/mol. The summed E-state index contributed by atoms with van der Waals surface area (Å²) in [5.41, 5.74) is 0.984. The second-order valence-electron chi connectivity index (χ2n) is 8.36. The van der Waals surface area contributed by atoms with Gasteiger partial charge in [-0.15, -0.1) is 0 Å². The second-order valence-corrected chi connectivity index (χ2v) is 10.2. The van der Waals surface area contributed by atoms with Crippen LogP contribution in [0.3, 0.4) is 0 Å². The molecule has 0 amide bonds. The van der Waals surface area contributed by atoms with Gasteiger partial charge in [0, 0.05) is 29.4 Å². The molecule has 0 unspecified atom stereocenters. The summed E-state index contributed by atoms with van der Waals surface area (Å²) >= 11 is 0. The highest BCUT2D eigenvalue weighted by molar-refractivity contribution is 7.88. The van der Waals surface area contributed by atoms with E-state index < -0.39 is 27.5 Å². The summed E-state index contributed by atoms with van der Waals surface area (Å²) in [5, 5.41) is 2.79. The first-order chi connectivity index (χ1) is 16.5. The van der Waals surface area contributed by atoms with Crippen LogP contribution in [-0.2, 0) is 16.6 Å². The van der Waals surface area contributed by atoms with Gasteiger partial charge in [-0.25, -0.2) is 36.3 Å². The molecule has 0 atom stereocenters. The van der Waals surface area contributed by atoms with Crippen molar-refractivity contribution < 1.29 is 26.3 Å². The van der Waals surface area contributed by atoms with Crippen LogP contribution in [0.15, 0.2) is 36.5 Å². The van der Waals surface area contributed by atoms with E-state index in [9.17, 15) is 21.6 Å². The smallest absolute Gasteiger partial charge is 0.227 e. The molecule has 35 heavy (non-hydrogen) atoms. The van der Waals surface area contributed by atoms with Crippen molar-refractivity contribution in [3.05, 3.63) is 59.5 Å². The van der Waals surface area contributed by atoms with Gasteiger partial charge in [-0.2, -0.15) is 0 Å². The van der Waals surface area contributed by atoms with Crippen molar-refractivity contribution >= 4 is 27.3 Å². The van der Waals surface area contributed by atoms with Crippen LogP contribution < -0.4 is 19.7 Å². The first kappa shape index (κ1) is 24.7. The van der Waals surface area contributed by atoms with Gasteiger partial charge in [0.2, 0.25) is 16.0 Å². The van der Waals surface area contributed by atoms with Crippen molar-refractivity contribution in [2.75, 3.05) is 29.6 Å². The van der Waals surface area contributed by atoms with Crippen LogP contribution in [0.25, 0.3) is 11.3 Å². The third-order valence-corrected chi connectivity index (χ3v) is 6.06. The molecule has 1 aliphatic rings. The van der Waals surface area contributed by atoms with E-state index in [-0.39, 0.29) is 46.8 Å². The number of nitrogens with one attached hydrogen (secondary N) is 2. The minimum Gasteiger partial charge on any atom is -0.486 e. The van der Waals surface area contributed by atoms with Gasteiger partial charge in [-0.3, -0.25) is 0 Å². The fourth-order valence-corrected chi connectivity index (χ4v) is 4.13. The summed E-state index contributed by atoms with van der Waals surface area (Å²) in [5.74, 6) is -1.95. The standard InChI is InChI=1S/C23H24F3N5O3S/c1-13(2)31-6-7-34-22-18(25)8-15(9-20(22)31)21-19(26)12-27-23(30-21)29-16-5-4-14(17(24)10-16)11-28-35(3,32)33/h4-5,8-10,12-13,28H,6-7,11H2,1-3H3,(H,27,29,30). The third-order valence-electron chi connectivity index (χ3n) is 5.39. The zero-order valence-electron chi connectivity index (χ0n) is 19.3. The minimum absolute atomic E-state index is 0.0297. The second kappa shape index (κ2) is 9.70. The molecule has 3 aromatic rings. The fraction of sp³-hybridized carbons (Fsp3) is 0.304. The molecule has 1 aliphatic heterocycles. The highest BCUT2D eigenvalue weighted by Gasteiger charge is 2.25. The SMILES string of the molecule is CC(C)N1CCOc2c(F)cc(-c3nc(Nc4ccc(CNS(C)(=O)=O)c(F)c4)ncc3F)cc21. The Morgan fingerprint density at radius 2 is 1.89 bits per heavy atom. The highest BCUT2D eigenvalue weighted by atomic mass is 32.2. The zero-order valence-corrected chi connectivity index (χ0v) is 20.1. The molecule has 186 valence electrons. The van der Waals surface area contributed by atoms with Gasteiger partial charge in [0.25, 0.3) is 0 Å². The lowest BCUT2D eigenvalue weighted by Gasteiger charge is -2.34. The van der Waals surface area contributed by atoms with Crippen LogP contribution in [0.4, 0.5) is 30.5 Å². The van der Waals surface area contributed by atoms with E-state index in [4.69, 9.17) is 4.74 Å². The molecular formula is C23H24F3N5O3S. The highest BCUT2D eigenvalue weighted by Crippen LogP contribution is 2.39. The lowest BCUT2D eigenvalue weighted by Crippen LogP contribution is -2.38. The fourth-order valence-electron chi connectivity index (χ4n) is 3.71. The Labute approximate surface area is 201 Å². The number of sulfonamides is 1. The Morgan fingerprint density at radius 1 is 1.11 bits per heavy atom. The van der Waals surface area contributed by atoms with Crippen LogP contribution in [0.1, 0.15) is 19.4 Å². The molecule has 0 radical (unpaired) electrons. The number of fused-ring (bicyclic) bond motifs is 1. The number of hydrogen-bond acceptors (Lipinski definition) is 7. The van der Waals surface area contributed by atoms with Crippen molar-refractivity contribution in [2.24, 2.45) is 0 Å². The predicted molar refractivity (Wildman–Crippen MR) is 127 cm³/mol. The average Bonchev–Trinajstić information content (AvgIpc) is 2.78. The molecule has 0 saturated carbocycles. The largest absolute Gasteiger partial charge is 0.486 e. The Morgan fingerprint density at radius 3 is 2.57 bits per heavy atom. The van der Waals surface area contributed by atoms with Gasteiger partial charge in [0.15, 0.2) is 17.4 Å². The number of nitrogens with zero attached hydrogens (tertiary/aromatic N) is 3. The van der Waals surface area contributed by atoms with Crippen molar-refractivity contribution in [3.63, 3.8) is 0 Å². The molecule has 2 heterocycles. The maximum Gasteiger partial charge on any atom is 0.227 e. The van der Waals surface area contributed by atoms with Gasteiger partial charge in [-0.05, 0) is 38.1 Å². The summed E-state index contributed by atoms with van der Waals surface area (Å²) in [6.07, 6.45) is 1.92. The predicted octanol–water partition coefficient (Wildman–Crippen LogP) is 3.96. The Hall–Kier alpha value is -3.38. The van der Waals surface area contributed by atoms with E-state index in [0.717, 1.165) is 24.6 Å². The quantitative estimate of drug-likeness (QED) is 0.500. The maximum atomic E-state index is 14.8. The molecule has 0 fully saturated rings. The normalized spacial score (nSPS) is 13.5. The molecule has 4 rings (SSSR count). The lowest BCUT2D eigenvalue weighted by molar-refractivity contribution is 0.287. The van der Waals surface area contributed by atoms with Crippen molar-refractivity contribution in [1.29, 1.82) is 0 Å². The molecular weight excluding hydrogens is 483 g/mol. The van der Waals surface area contributed by atoms with Gasteiger partial charge >= 0.3 is 0 Å². The molecule has 2 aromatic carbocycles. The third kappa shape index (κ3) is 5.65. The lowest BCUT2D eigenvalue weighted by atomic mass is 10.1. The van der Waals surface area contributed by atoms with Gasteiger partial charge in [-0.1, -0.05) is 6.07 Å². The van der Waals surface area contributed by atoms with Crippen LogP contribution >= 0.6 is 0 Å². The first-order valence-electron chi connectivity index (χ1n) is 10.8. The van der Waals surface area contributed by atoms with Crippen molar-refractivity contribution in [1.82, 2.24) is 14.7 Å². The topological polar surface area (TPSA) is 96.5 Å². The van der Waals surface area contributed by atoms with E-state index >= 15 is 0 Å². The molecule has 2 N–H and O–H groups in total. The van der Waals surface area contributed by atoms with Crippen LogP contribution in [0, 0.1) is 17.5 Å². The van der Waals surface area contributed by atoms with E-state index in [1.54, 1.807) is 6.07 Å². The number of aromatic nitrogens is 2. The summed E-state index contributed by atoms with van der Waals surface area (Å²) in [4.78, 5) is 10.0. The number of benzene rings is 2. The van der Waals surface area contributed by atoms with Gasteiger partial charge in [0.05, 0.1) is 24.7 Å². The zero-order chi connectivity index (χ0) is 25.3. The Bertz CT molecular complexity index is 1370. The molecule has 1 aromatic heterocycles. The number of hydrogen-bond donors (Lipinski definition) is 2. The summed E-state index contributed by atoms with van der Waals surface area (Å²) in [6, 6.07) is 6.90. The Kier molecular flexibility index (Phi) is 6.86. The van der Waals surface area contributed by atoms with E-state index in [0.29, 0.717) is 18.8 Å². The summed E-state index contributed by atoms with van der Waals surface area (Å²) in [6.45, 7) is 4.64. The van der Waals surface area contributed by atoms with Crippen LogP contribution in [-0.4, -0.2) is 43.8 Å². The molecule has 0 aliphatic carbocycles. The van der Waals surface area contributed by atoms with Gasteiger partial charge in [0.1, 0.15) is 18.1 Å². The van der Waals surface area contributed by atoms with Gasteiger partial charge < -0.3 is 15.0 Å². The monoisotopic (exact) mass is 507 g/mol. The first-order valence-corrected chi connectivity index (χ1v) is 12.7. The molecule has 12 heteroatoms.